The van der Waals surface area contributed by atoms with E-state index in [9.17, 15) is 14.9 Å². The van der Waals surface area contributed by atoms with Crippen LogP contribution in [0.1, 0.15) is 5.56 Å². The van der Waals surface area contributed by atoms with Crippen molar-refractivity contribution in [1.29, 1.82) is 0 Å². The van der Waals surface area contributed by atoms with Gasteiger partial charge in [-0.3, -0.25) is 14.9 Å². The van der Waals surface area contributed by atoms with Gasteiger partial charge in [0.2, 0.25) is 4.77 Å². The largest absolute Gasteiger partial charge is 0.330 e. The summed E-state index contributed by atoms with van der Waals surface area (Å²) in [5, 5.41) is 15.4. The second-order valence-corrected chi connectivity index (χ2v) is 5.60. The van der Waals surface area contributed by atoms with Crippen molar-refractivity contribution in [3.63, 3.8) is 0 Å². The molecule has 0 aliphatic rings. The number of hydrogen-bond acceptors (Lipinski definition) is 5. The summed E-state index contributed by atoms with van der Waals surface area (Å²) in [6, 6.07) is 11.1. The van der Waals surface area contributed by atoms with Gasteiger partial charge in [-0.2, -0.15) is 9.78 Å². The van der Waals surface area contributed by atoms with Crippen LogP contribution < -0.4 is 5.56 Å². The van der Waals surface area contributed by atoms with Crippen LogP contribution in [0.3, 0.4) is 0 Å². The third-order valence-electron chi connectivity index (χ3n) is 3.27. The van der Waals surface area contributed by atoms with Crippen LogP contribution in [0.25, 0.3) is 10.9 Å². The molecule has 9 heteroatoms. The number of rotatable bonds is 3. The summed E-state index contributed by atoms with van der Waals surface area (Å²) in [6.45, 7) is 0. The lowest BCUT2D eigenvalue weighted by atomic mass is 10.2. The SMILES string of the molecule is O=c1c2ccccc2[nH]c(=S)n1/N=C\c1ccc(Cl)c([N+](=O)[O-])c1. The molecule has 0 radical (unpaired) electrons. The predicted molar refractivity (Wildman–Crippen MR) is 94.5 cm³/mol. The highest BCUT2D eigenvalue weighted by molar-refractivity contribution is 7.71. The standard InChI is InChI=1S/C15H9ClN4O3S/c16-11-6-5-9(7-13(11)20(22)23)8-17-19-14(21)10-3-1-2-4-12(10)18-15(19)24/h1-8H,(H,18,24)/b17-8-. The van der Waals surface area contributed by atoms with Gasteiger partial charge in [-0.05, 0) is 30.4 Å². The highest BCUT2D eigenvalue weighted by atomic mass is 35.5. The lowest BCUT2D eigenvalue weighted by molar-refractivity contribution is -0.384. The molecule has 0 amide bonds. The van der Waals surface area contributed by atoms with Gasteiger partial charge in [0.25, 0.3) is 11.2 Å². The lowest BCUT2D eigenvalue weighted by Gasteiger charge is -2.02. The monoisotopic (exact) mass is 360 g/mol. The number of hydrogen-bond donors (Lipinski definition) is 1. The molecule has 0 unspecified atom stereocenters. The summed E-state index contributed by atoms with van der Waals surface area (Å²) >= 11 is 10.9. The molecular formula is C15H9ClN4O3S. The molecule has 0 saturated heterocycles. The van der Waals surface area contributed by atoms with E-state index in [1.165, 1.54) is 18.3 Å². The topological polar surface area (TPSA) is 93.3 Å². The number of nitrogens with one attached hydrogen (secondary N) is 1. The molecule has 0 saturated carbocycles. The van der Waals surface area contributed by atoms with Crippen molar-refractivity contribution in [2.24, 2.45) is 5.10 Å². The maximum Gasteiger partial charge on any atom is 0.288 e. The van der Waals surface area contributed by atoms with Crippen molar-refractivity contribution in [2.75, 3.05) is 0 Å². The van der Waals surface area contributed by atoms with Crippen LogP contribution in [0.5, 0.6) is 0 Å². The minimum atomic E-state index is -0.589. The van der Waals surface area contributed by atoms with Gasteiger partial charge in [0, 0.05) is 11.6 Å². The van der Waals surface area contributed by atoms with Crippen LogP contribution in [-0.4, -0.2) is 20.8 Å². The molecule has 7 nitrogen and oxygen atoms in total. The molecule has 2 aromatic carbocycles. The van der Waals surface area contributed by atoms with Gasteiger partial charge < -0.3 is 4.98 Å². The van der Waals surface area contributed by atoms with Gasteiger partial charge >= 0.3 is 0 Å². The van der Waals surface area contributed by atoms with Gasteiger partial charge in [0.15, 0.2) is 0 Å². The van der Waals surface area contributed by atoms with Gasteiger partial charge in [0.05, 0.1) is 22.0 Å². The Morgan fingerprint density at radius 1 is 1.29 bits per heavy atom. The van der Waals surface area contributed by atoms with Gasteiger partial charge in [-0.25, -0.2) is 0 Å². The highest BCUT2D eigenvalue weighted by Crippen LogP contribution is 2.24. The summed E-state index contributed by atoms with van der Waals surface area (Å²) in [4.78, 5) is 25.7. The Morgan fingerprint density at radius 3 is 2.79 bits per heavy atom. The average molecular weight is 361 g/mol. The van der Waals surface area contributed by atoms with E-state index < -0.39 is 4.92 Å². The first-order valence-electron chi connectivity index (χ1n) is 6.70. The zero-order chi connectivity index (χ0) is 17.3. The molecule has 0 fully saturated rings. The Labute approximate surface area is 145 Å². The van der Waals surface area contributed by atoms with Crippen LogP contribution >= 0.6 is 23.8 Å². The fraction of sp³-hybridized carbons (Fsp3) is 0. The number of H-pyrrole nitrogens is 1. The number of nitro groups is 1. The van der Waals surface area contributed by atoms with Crippen LogP contribution in [-0.2, 0) is 0 Å². The van der Waals surface area contributed by atoms with E-state index in [1.54, 1.807) is 30.3 Å². The second kappa shape index (κ2) is 6.34. The molecule has 0 bridgehead atoms. The minimum Gasteiger partial charge on any atom is -0.330 e. The van der Waals surface area contributed by atoms with Crippen molar-refractivity contribution in [3.05, 3.63) is 78.3 Å². The third kappa shape index (κ3) is 2.97. The van der Waals surface area contributed by atoms with Crippen LogP contribution in [0, 0.1) is 14.9 Å². The summed E-state index contributed by atoms with van der Waals surface area (Å²) in [5.74, 6) is 0. The smallest absolute Gasteiger partial charge is 0.288 e. The number of aromatic nitrogens is 2. The molecule has 120 valence electrons. The molecule has 0 aliphatic heterocycles. The van der Waals surface area contributed by atoms with Crippen molar-refractivity contribution < 1.29 is 4.92 Å². The molecule has 0 aliphatic carbocycles. The van der Waals surface area contributed by atoms with Crippen LogP contribution in [0.4, 0.5) is 5.69 Å². The molecule has 24 heavy (non-hydrogen) atoms. The Balaban J connectivity index is 2.09. The first-order valence-corrected chi connectivity index (χ1v) is 7.48. The number of nitro benzene ring substituents is 1. The molecular weight excluding hydrogens is 352 g/mol. The Bertz CT molecular complexity index is 1100. The molecule has 1 heterocycles. The number of fused-ring (bicyclic) bond motifs is 1. The number of halogens is 1. The highest BCUT2D eigenvalue weighted by Gasteiger charge is 2.12. The Morgan fingerprint density at radius 2 is 2.04 bits per heavy atom. The molecule has 0 atom stereocenters. The van der Waals surface area contributed by atoms with E-state index in [1.807, 2.05) is 0 Å². The third-order valence-corrected chi connectivity index (χ3v) is 3.87. The second-order valence-electron chi connectivity index (χ2n) is 4.81. The number of para-hydroxylation sites is 1. The van der Waals surface area contributed by atoms with Gasteiger partial charge in [-0.15, -0.1) is 0 Å². The fourth-order valence-electron chi connectivity index (χ4n) is 2.13. The summed E-state index contributed by atoms with van der Waals surface area (Å²) in [6.07, 6.45) is 1.31. The van der Waals surface area contributed by atoms with Gasteiger partial charge in [0.1, 0.15) is 5.02 Å². The number of benzene rings is 2. The number of nitrogens with zero attached hydrogens (tertiary/aromatic N) is 3. The van der Waals surface area contributed by atoms with Crippen LogP contribution in [0.2, 0.25) is 5.02 Å². The Kier molecular flexibility index (Phi) is 4.24. The first kappa shape index (κ1) is 16.0. The maximum absolute atomic E-state index is 12.4. The van der Waals surface area contributed by atoms with Crippen LogP contribution in [0.15, 0.2) is 52.4 Å². The van der Waals surface area contributed by atoms with Gasteiger partial charge in [-0.1, -0.05) is 29.8 Å². The van der Waals surface area contributed by atoms with E-state index in [-0.39, 0.29) is 21.0 Å². The first-order chi connectivity index (χ1) is 11.5. The minimum absolute atomic E-state index is 0.0253. The van der Waals surface area contributed by atoms with Crippen molar-refractivity contribution in [3.8, 4) is 0 Å². The lowest BCUT2D eigenvalue weighted by Crippen LogP contribution is -2.18. The summed E-state index contributed by atoms with van der Waals surface area (Å²) in [5.41, 5.74) is 0.410. The normalized spacial score (nSPS) is 11.2. The maximum atomic E-state index is 12.4. The van der Waals surface area contributed by atoms with Crippen molar-refractivity contribution in [2.45, 2.75) is 0 Å². The zero-order valence-corrected chi connectivity index (χ0v) is 13.5. The molecule has 3 rings (SSSR count). The van der Waals surface area contributed by atoms with E-state index >= 15 is 0 Å². The molecule has 1 aromatic heterocycles. The van der Waals surface area contributed by atoms with E-state index in [0.29, 0.717) is 16.5 Å². The summed E-state index contributed by atoms with van der Waals surface area (Å²) < 4.78 is 1.15. The molecule has 0 spiro atoms. The van der Waals surface area contributed by atoms with E-state index in [4.69, 9.17) is 23.8 Å². The summed E-state index contributed by atoms with van der Waals surface area (Å²) in [7, 11) is 0. The Hall–Kier alpha value is -2.84. The fourth-order valence-corrected chi connectivity index (χ4v) is 2.56. The van der Waals surface area contributed by atoms with E-state index in [2.05, 4.69) is 10.1 Å². The number of aromatic amines is 1. The molecule has 1 N–H and O–H groups in total. The average Bonchev–Trinajstić information content (AvgIpc) is 2.55. The quantitative estimate of drug-likeness (QED) is 0.335. The van der Waals surface area contributed by atoms with E-state index in [0.717, 1.165) is 4.68 Å². The zero-order valence-electron chi connectivity index (χ0n) is 12.0. The van der Waals surface area contributed by atoms with Crippen molar-refractivity contribution in [1.82, 2.24) is 9.66 Å². The molecule has 3 aromatic rings. The predicted octanol–water partition coefficient (Wildman–Crippen LogP) is 3.50. The van der Waals surface area contributed by atoms with Crippen molar-refractivity contribution >= 4 is 46.6 Å².